The van der Waals surface area contributed by atoms with Crippen molar-refractivity contribution in [1.29, 1.82) is 0 Å². The molecule has 1 fully saturated rings. The Balaban J connectivity index is 2.39. The maximum absolute atomic E-state index is 12.6. The number of rotatable bonds is 2. The van der Waals surface area contributed by atoms with Gasteiger partial charge in [-0.15, -0.1) is 0 Å². The van der Waals surface area contributed by atoms with Crippen molar-refractivity contribution in [1.82, 2.24) is 4.31 Å². The molecular formula is C13H19ClN2O2S. The van der Waals surface area contributed by atoms with Crippen molar-refractivity contribution < 1.29 is 8.42 Å². The zero-order valence-corrected chi connectivity index (χ0v) is 12.7. The minimum absolute atomic E-state index is 0.112. The molecule has 0 aromatic heterocycles. The van der Waals surface area contributed by atoms with Crippen molar-refractivity contribution in [2.24, 2.45) is 11.8 Å². The van der Waals surface area contributed by atoms with E-state index < -0.39 is 10.0 Å². The summed E-state index contributed by atoms with van der Waals surface area (Å²) in [5.41, 5.74) is 6.03. The summed E-state index contributed by atoms with van der Waals surface area (Å²) in [6.45, 7) is 5.22. The van der Waals surface area contributed by atoms with Gasteiger partial charge in [-0.1, -0.05) is 25.4 Å². The van der Waals surface area contributed by atoms with Gasteiger partial charge in [-0.2, -0.15) is 4.31 Å². The largest absolute Gasteiger partial charge is 0.398 e. The second-order valence-electron chi connectivity index (χ2n) is 5.45. The third kappa shape index (κ3) is 3.04. The first-order chi connectivity index (χ1) is 8.80. The van der Waals surface area contributed by atoms with E-state index in [4.69, 9.17) is 17.3 Å². The van der Waals surface area contributed by atoms with E-state index in [1.54, 1.807) is 6.07 Å². The molecule has 2 unspecified atom stereocenters. The molecule has 2 atom stereocenters. The number of sulfonamides is 1. The van der Waals surface area contributed by atoms with E-state index in [2.05, 4.69) is 13.8 Å². The van der Waals surface area contributed by atoms with Gasteiger partial charge < -0.3 is 5.73 Å². The van der Waals surface area contributed by atoms with Crippen molar-refractivity contribution in [2.45, 2.75) is 25.2 Å². The Hall–Kier alpha value is -0.780. The van der Waals surface area contributed by atoms with Crippen LogP contribution in [0, 0.1) is 11.8 Å². The second-order valence-corrected chi connectivity index (χ2v) is 7.79. The van der Waals surface area contributed by atoms with E-state index in [9.17, 15) is 8.42 Å². The number of nitrogens with zero attached hydrogens (tertiary/aromatic N) is 1. The molecular weight excluding hydrogens is 284 g/mol. The molecule has 106 valence electrons. The zero-order valence-electron chi connectivity index (χ0n) is 11.1. The molecule has 1 aromatic carbocycles. The van der Waals surface area contributed by atoms with Crippen LogP contribution >= 0.6 is 11.6 Å². The molecule has 19 heavy (non-hydrogen) atoms. The molecule has 6 heteroatoms. The van der Waals surface area contributed by atoms with E-state index in [0.717, 1.165) is 6.42 Å². The summed E-state index contributed by atoms with van der Waals surface area (Å²) in [5.74, 6) is 0.720. The Kier molecular flexibility index (Phi) is 4.08. The van der Waals surface area contributed by atoms with E-state index in [1.807, 2.05) is 0 Å². The minimum Gasteiger partial charge on any atom is -0.398 e. The second kappa shape index (κ2) is 5.31. The Morgan fingerprint density at radius 2 is 1.84 bits per heavy atom. The molecule has 0 spiro atoms. The number of benzene rings is 1. The molecule has 0 amide bonds. The van der Waals surface area contributed by atoms with Gasteiger partial charge in [-0.3, -0.25) is 0 Å². The first-order valence-electron chi connectivity index (χ1n) is 6.36. The molecule has 1 aliphatic heterocycles. The maximum atomic E-state index is 12.6. The standard InChI is InChI=1S/C13H19ClN2O2S/c1-9-5-10(2)8-16(7-9)19(17,18)13-6-11(14)3-4-12(13)15/h3-4,6,9-10H,5,7-8,15H2,1-2H3. The smallest absolute Gasteiger partial charge is 0.245 e. The highest BCUT2D eigenvalue weighted by atomic mass is 35.5. The molecule has 2 rings (SSSR count). The van der Waals surface area contributed by atoms with E-state index in [0.29, 0.717) is 29.9 Å². The maximum Gasteiger partial charge on any atom is 0.245 e. The number of piperidine rings is 1. The summed E-state index contributed by atoms with van der Waals surface area (Å²) in [7, 11) is -3.56. The highest BCUT2D eigenvalue weighted by Gasteiger charge is 2.32. The third-order valence-electron chi connectivity index (χ3n) is 3.43. The Labute approximate surface area is 119 Å². The summed E-state index contributed by atoms with van der Waals surface area (Å²) in [4.78, 5) is 0.112. The molecule has 0 aliphatic carbocycles. The van der Waals surface area contributed by atoms with Gasteiger partial charge in [0.05, 0.1) is 5.69 Å². The SMILES string of the molecule is CC1CC(C)CN(S(=O)(=O)c2cc(Cl)ccc2N)C1. The molecule has 0 radical (unpaired) electrons. The quantitative estimate of drug-likeness (QED) is 0.854. The van der Waals surface area contributed by atoms with Crippen LogP contribution in [0.2, 0.25) is 5.02 Å². The number of anilines is 1. The van der Waals surface area contributed by atoms with Gasteiger partial charge in [0.15, 0.2) is 0 Å². The minimum atomic E-state index is -3.56. The van der Waals surface area contributed by atoms with Crippen LogP contribution in [0.4, 0.5) is 5.69 Å². The van der Waals surface area contributed by atoms with Gasteiger partial charge in [0.2, 0.25) is 10.0 Å². The average Bonchev–Trinajstić information content (AvgIpc) is 2.31. The summed E-state index contributed by atoms with van der Waals surface area (Å²) in [6, 6.07) is 4.56. The van der Waals surface area contributed by atoms with Crippen LogP contribution in [-0.4, -0.2) is 25.8 Å². The van der Waals surface area contributed by atoms with Crippen molar-refractivity contribution in [3.8, 4) is 0 Å². The van der Waals surface area contributed by atoms with Crippen LogP contribution in [0.15, 0.2) is 23.1 Å². The number of nitrogen functional groups attached to an aromatic ring is 1. The molecule has 1 saturated heterocycles. The first-order valence-corrected chi connectivity index (χ1v) is 8.17. The Morgan fingerprint density at radius 1 is 1.26 bits per heavy atom. The molecule has 1 aromatic rings. The van der Waals surface area contributed by atoms with Crippen LogP contribution in [0.5, 0.6) is 0 Å². The normalized spacial score (nSPS) is 25.4. The molecule has 1 aliphatic rings. The van der Waals surface area contributed by atoms with Crippen LogP contribution < -0.4 is 5.73 Å². The fourth-order valence-corrected chi connectivity index (χ4v) is 4.73. The molecule has 2 N–H and O–H groups in total. The summed E-state index contributed by atoms with van der Waals surface area (Å²) in [6.07, 6.45) is 1.05. The molecule has 0 bridgehead atoms. The van der Waals surface area contributed by atoms with Crippen LogP contribution in [0.3, 0.4) is 0 Å². The molecule has 0 saturated carbocycles. The third-order valence-corrected chi connectivity index (χ3v) is 5.55. The number of hydrogen-bond donors (Lipinski definition) is 1. The van der Waals surface area contributed by atoms with Gasteiger partial charge in [0.25, 0.3) is 0 Å². The van der Waals surface area contributed by atoms with Gasteiger partial charge in [-0.05, 0) is 36.5 Å². The lowest BCUT2D eigenvalue weighted by Gasteiger charge is -2.34. The highest BCUT2D eigenvalue weighted by Crippen LogP contribution is 2.30. The van der Waals surface area contributed by atoms with Crippen molar-refractivity contribution in [3.05, 3.63) is 23.2 Å². The lowest BCUT2D eigenvalue weighted by Crippen LogP contribution is -2.42. The van der Waals surface area contributed by atoms with Crippen molar-refractivity contribution in [2.75, 3.05) is 18.8 Å². The van der Waals surface area contributed by atoms with Gasteiger partial charge >= 0.3 is 0 Å². The monoisotopic (exact) mass is 302 g/mol. The number of hydrogen-bond acceptors (Lipinski definition) is 3. The number of halogens is 1. The highest BCUT2D eigenvalue weighted by molar-refractivity contribution is 7.89. The van der Waals surface area contributed by atoms with Crippen LogP contribution in [-0.2, 0) is 10.0 Å². The molecule has 4 nitrogen and oxygen atoms in total. The van der Waals surface area contributed by atoms with E-state index >= 15 is 0 Å². The summed E-state index contributed by atoms with van der Waals surface area (Å²) in [5, 5.41) is 0.380. The first kappa shape index (κ1) is 14.6. The summed E-state index contributed by atoms with van der Waals surface area (Å²) < 4.78 is 26.8. The van der Waals surface area contributed by atoms with Gasteiger partial charge in [0.1, 0.15) is 4.90 Å². The summed E-state index contributed by atoms with van der Waals surface area (Å²) >= 11 is 5.88. The Bertz CT molecular complexity index is 564. The predicted molar refractivity (Wildman–Crippen MR) is 77.6 cm³/mol. The fraction of sp³-hybridized carbons (Fsp3) is 0.538. The number of nitrogens with two attached hydrogens (primary N) is 1. The lowest BCUT2D eigenvalue weighted by molar-refractivity contribution is 0.222. The average molecular weight is 303 g/mol. The van der Waals surface area contributed by atoms with Gasteiger partial charge in [-0.25, -0.2) is 8.42 Å². The van der Waals surface area contributed by atoms with E-state index in [-0.39, 0.29) is 10.6 Å². The topological polar surface area (TPSA) is 63.4 Å². The Morgan fingerprint density at radius 3 is 2.42 bits per heavy atom. The predicted octanol–water partition coefficient (Wildman–Crippen LogP) is 2.59. The van der Waals surface area contributed by atoms with Crippen LogP contribution in [0.25, 0.3) is 0 Å². The van der Waals surface area contributed by atoms with Crippen molar-refractivity contribution in [3.63, 3.8) is 0 Å². The van der Waals surface area contributed by atoms with Crippen LogP contribution in [0.1, 0.15) is 20.3 Å². The zero-order chi connectivity index (χ0) is 14.2. The van der Waals surface area contributed by atoms with Gasteiger partial charge in [0, 0.05) is 18.1 Å². The van der Waals surface area contributed by atoms with E-state index in [1.165, 1.54) is 16.4 Å². The van der Waals surface area contributed by atoms with Crippen molar-refractivity contribution >= 4 is 27.3 Å². The lowest BCUT2D eigenvalue weighted by atomic mass is 9.94. The molecule has 1 heterocycles. The fourth-order valence-electron chi connectivity index (χ4n) is 2.67.